The Morgan fingerprint density at radius 1 is 0.938 bits per heavy atom. The standard InChI is InChI=1S/C24H20O8/c1-13-16(32-24(26)17-6-5-9-30-17)8-7-15-22(25)21(31-23(13)15)11-14-10-19(28-3)20(29-4)12-18(14)27-2/h5-12H,1-4H3/b21-11-. The molecule has 2 aromatic carbocycles. The number of fused-ring (bicyclic) bond motifs is 1. The molecule has 0 bridgehead atoms. The van der Waals surface area contributed by atoms with Gasteiger partial charge in [-0.3, -0.25) is 4.79 Å². The molecule has 0 fully saturated rings. The predicted octanol–water partition coefficient (Wildman–Crippen LogP) is 4.45. The first kappa shape index (κ1) is 21.0. The van der Waals surface area contributed by atoms with Gasteiger partial charge in [0.05, 0.1) is 33.2 Å². The largest absolute Gasteiger partial charge is 0.496 e. The normalized spacial score (nSPS) is 13.5. The minimum absolute atomic E-state index is 0.0722. The van der Waals surface area contributed by atoms with Crippen LogP contribution in [-0.4, -0.2) is 33.1 Å². The molecule has 0 saturated heterocycles. The molecule has 8 heteroatoms. The molecule has 4 rings (SSSR count). The van der Waals surface area contributed by atoms with Gasteiger partial charge in [0.1, 0.15) is 17.2 Å². The smallest absolute Gasteiger partial charge is 0.379 e. The first-order chi connectivity index (χ1) is 15.5. The van der Waals surface area contributed by atoms with Gasteiger partial charge in [-0.25, -0.2) is 4.79 Å². The van der Waals surface area contributed by atoms with E-state index >= 15 is 0 Å². The van der Waals surface area contributed by atoms with Crippen molar-refractivity contribution in [3.05, 3.63) is 70.9 Å². The maximum absolute atomic E-state index is 12.9. The summed E-state index contributed by atoms with van der Waals surface area (Å²) in [5.74, 6) is 1.27. The third-order valence-corrected chi connectivity index (χ3v) is 4.98. The molecular weight excluding hydrogens is 416 g/mol. The second-order valence-corrected chi connectivity index (χ2v) is 6.82. The summed E-state index contributed by atoms with van der Waals surface area (Å²) < 4.78 is 32.4. The zero-order valence-corrected chi connectivity index (χ0v) is 17.9. The number of benzene rings is 2. The van der Waals surface area contributed by atoms with E-state index in [9.17, 15) is 9.59 Å². The van der Waals surface area contributed by atoms with Crippen molar-refractivity contribution in [2.75, 3.05) is 21.3 Å². The van der Waals surface area contributed by atoms with Crippen molar-refractivity contribution in [1.29, 1.82) is 0 Å². The van der Waals surface area contributed by atoms with Gasteiger partial charge in [0.25, 0.3) is 0 Å². The molecule has 8 nitrogen and oxygen atoms in total. The van der Waals surface area contributed by atoms with Crippen LogP contribution in [0.4, 0.5) is 0 Å². The number of furan rings is 1. The van der Waals surface area contributed by atoms with Gasteiger partial charge >= 0.3 is 5.97 Å². The molecule has 1 aliphatic rings. The second kappa shape index (κ2) is 8.50. The number of ketones is 1. The molecule has 1 aromatic heterocycles. The second-order valence-electron chi connectivity index (χ2n) is 6.82. The number of esters is 1. The molecule has 0 aliphatic carbocycles. The van der Waals surface area contributed by atoms with Crippen LogP contribution in [0.25, 0.3) is 6.08 Å². The van der Waals surface area contributed by atoms with Gasteiger partial charge in [-0.05, 0) is 43.3 Å². The van der Waals surface area contributed by atoms with Crippen LogP contribution in [0.15, 0.2) is 52.8 Å². The summed E-state index contributed by atoms with van der Waals surface area (Å²) in [6.45, 7) is 1.71. The quantitative estimate of drug-likeness (QED) is 0.318. The highest BCUT2D eigenvalue weighted by Crippen LogP contribution is 2.41. The molecule has 0 atom stereocenters. The topological polar surface area (TPSA) is 93.4 Å². The van der Waals surface area contributed by atoms with E-state index in [1.807, 2.05) is 0 Å². The molecule has 0 amide bonds. The summed E-state index contributed by atoms with van der Waals surface area (Å²) in [5.41, 5.74) is 1.45. The Labute approximate surface area is 183 Å². The van der Waals surface area contributed by atoms with E-state index in [-0.39, 0.29) is 23.1 Å². The van der Waals surface area contributed by atoms with Gasteiger partial charge in [-0.15, -0.1) is 0 Å². The summed E-state index contributed by atoms with van der Waals surface area (Å²) in [7, 11) is 4.55. The van der Waals surface area contributed by atoms with E-state index in [0.717, 1.165) is 0 Å². The van der Waals surface area contributed by atoms with Crippen LogP contribution in [0, 0.1) is 6.92 Å². The average molecular weight is 436 g/mol. The zero-order chi connectivity index (χ0) is 22.8. The molecule has 0 radical (unpaired) electrons. The molecule has 0 N–H and O–H groups in total. The third kappa shape index (κ3) is 3.66. The highest BCUT2D eigenvalue weighted by Gasteiger charge is 2.31. The van der Waals surface area contributed by atoms with E-state index in [1.165, 1.54) is 33.7 Å². The minimum Gasteiger partial charge on any atom is -0.496 e. The maximum atomic E-state index is 12.9. The number of methoxy groups -OCH3 is 3. The van der Waals surface area contributed by atoms with Crippen LogP contribution in [0.3, 0.4) is 0 Å². The van der Waals surface area contributed by atoms with E-state index in [1.54, 1.807) is 43.3 Å². The summed E-state index contributed by atoms with van der Waals surface area (Å²) >= 11 is 0. The van der Waals surface area contributed by atoms with E-state index < -0.39 is 5.97 Å². The van der Waals surface area contributed by atoms with Crippen LogP contribution >= 0.6 is 0 Å². The number of carbonyl (C=O) groups is 2. The van der Waals surface area contributed by atoms with Crippen molar-refractivity contribution in [2.24, 2.45) is 0 Å². The van der Waals surface area contributed by atoms with E-state index in [4.69, 9.17) is 28.1 Å². The van der Waals surface area contributed by atoms with Crippen molar-refractivity contribution < 1.29 is 37.7 Å². The lowest BCUT2D eigenvalue weighted by molar-refractivity contribution is 0.0699. The number of hydrogen-bond donors (Lipinski definition) is 0. The lowest BCUT2D eigenvalue weighted by atomic mass is 10.1. The Kier molecular flexibility index (Phi) is 5.59. The maximum Gasteiger partial charge on any atom is 0.379 e. The number of rotatable bonds is 6. The SMILES string of the molecule is COc1cc(OC)c(OC)cc1/C=C1\Oc2c(ccc(OC(=O)c3ccco3)c2C)C1=O. The molecular formula is C24H20O8. The Morgan fingerprint density at radius 3 is 2.31 bits per heavy atom. The van der Waals surface area contributed by atoms with Gasteiger partial charge < -0.3 is 28.1 Å². The monoisotopic (exact) mass is 436 g/mol. The molecule has 32 heavy (non-hydrogen) atoms. The Bertz CT molecular complexity index is 1220. The molecule has 0 saturated carbocycles. The van der Waals surface area contributed by atoms with Crippen molar-refractivity contribution in [1.82, 2.24) is 0 Å². The minimum atomic E-state index is -0.645. The Hall–Kier alpha value is -4.20. The lowest BCUT2D eigenvalue weighted by Gasteiger charge is -2.12. The van der Waals surface area contributed by atoms with Crippen LogP contribution in [0.2, 0.25) is 0 Å². The number of carbonyl (C=O) groups excluding carboxylic acids is 2. The number of ether oxygens (including phenoxy) is 5. The van der Waals surface area contributed by atoms with Gasteiger partial charge in [0.2, 0.25) is 11.5 Å². The Balaban J connectivity index is 1.67. The fourth-order valence-corrected chi connectivity index (χ4v) is 3.33. The molecule has 164 valence electrons. The van der Waals surface area contributed by atoms with Gasteiger partial charge in [-0.1, -0.05) is 0 Å². The van der Waals surface area contributed by atoms with Crippen LogP contribution in [0.1, 0.15) is 32.0 Å². The highest BCUT2D eigenvalue weighted by molar-refractivity contribution is 6.15. The first-order valence-corrected chi connectivity index (χ1v) is 9.60. The fourth-order valence-electron chi connectivity index (χ4n) is 3.33. The predicted molar refractivity (Wildman–Crippen MR) is 114 cm³/mol. The van der Waals surface area contributed by atoms with Gasteiger partial charge in [0, 0.05) is 17.2 Å². The number of hydrogen-bond acceptors (Lipinski definition) is 8. The van der Waals surface area contributed by atoms with Crippen molar-refractivity contribution in [3.8, 4) is 28.7 Å². The van der Waals surface area contributed by atoms with Crippen LogP contribution in [0.5, 0.6) is 28.7 Å². The molecule has 3 aromatic rings. The average Bonchev–Trinajstić information content (AvgIpc) is 3.45. The van der Waals surface area contributed by atoms with Crippen molar-refractivity contribution >= 4 is 17.8 Å². The zero-order valence-electron chi connectivity index (χ0n) is 17.9. The summed E-state index contributed by atoms with van der Waals surface area (Å²) in [6.07, 6.45) is 2.95. The Morgan fingerprint density at radius 2 is 1.66 bits per heavy atom. The van der Waals surface area contributed by atoms with Crippen molar-refractivity contribution in [2.45, 2.75) is 6.92 Å². The van der Waals surface area contributed by atoms with Crippen LogP contribution < -0.4 is 23.7 Å². The van der Waals surface area contributed by atoms with Crippen LogP contribution in [-0.2, 0) is 0 Å². The first-order valence-electron chi connectivity index (χ1n) is 9.60. The number of allylic oxidation sites excluding steroid dienone is 1. The number of Topliss-reactive ketones (excluding diaryl/α,β-unsaturated/α-hetero) is 1. The van der Waals surface area contributed by atoms with E-state index in [2.05, 4.69) is 0 Å². The third-order valence-electron chi connectivity index (χ3n) is 4.98. The van der Waals surface area contributed by atoms with Gasteiger partial charge in [-0.2, -0.15) is 0 Å². The molecule has 2 heterocycles. The summed E-state index contributed by atoms with van der Waals surface area (Å²) in [4.78, 5) is 25.1. The summed E-state index contributed by atoms with van der Waals surface area (Å²) in [6, 6.07) is 9.55. The van der Waals surface area contributed by atoms with Gasteiger partial charge in [0.15, 0.2) is 17.3 Å². The molecule has 0 spiro atoms. The van der Waals surface area contributed by atoms with E-state index in [0.29, 0.717) is 39.7 Å². The highest BCUT2D eigenvalue weighted by atomic mass is 16.6. The fraction of sp³-hybridized carbons (Fsp3) is 0.167. The summed E-state index contributed by atoms with van der Waals surface area (Å²) in [5, 5.41) is 0. The molecule has 1 aliphatic heterocycles. The van der Waals surface area contributed by atoms with Crippen molar-refractivity contribution in [3.63, 3.8) is 0 Å². The lowest BCUT2D eigenvalue weighted by Crippen LogP contribution is -2.08. The molecule has 0 unspecified atom stereocenters.